The normalized spacial score (nSPS) is 12.1. The van der Waals surface area contributed by atoms with Gasteiger partial charge >= 0.3 is 0 Å². The molecule has 0 bridgehead atoms. The zero-order valence-electron chi connectivity index (χ0n) is 30.2. The Balaban J connectivity index is 1.32. The highest BCUT2D eigenvalue weighted by Crippen LogP contribution is 2.45. The van der Waals surface area contributed by atoms with Gasteiger partial charge in [-0.1, -0.05) is 113 Å². The van der Waals surface area contributed by atoms with Gasteiger partial charge in [-0.15, -0.1) is 0 Å². The van der Waals surface area contributed by atoms with Crippen molar-refractivity contribution < 1.29 is 4.42 Å². The molecule has 10 aromatic rings. The summed E-state index contributed by atoms with van der Waals surface area (Å²) in [5, 5.41) is 4.59. The summed E-state index contributed by atoms with van der Waals surface area (Å²) in [6.45, 7) is 9.15. The van der Waals surface area contributed by atoms with Crippen LogP contribution in [0.1, 0.15) is 50.7 Å². The molecule has 0 aliphatic heterocycles. The van der Waals surface area contributed by atoms with E-state index >= 15 is 0 Å². The van der Waals surface area contributed by atoms with Crippen LogP contribution in [0.25, 0.3) is 88.7 Å². The lowest BCUT2D eigenvalue weighted by Gasteiger charge is -2.24. The standard InChI is InChI=1S/C48H38N4O/c1-29(2)37-26-32(31-14-6-5-7-15-31)27-38(30(3)4)46(37)52-42-24-25-49-28-39(42)50-48(52)36-22-23-43(45-35-18-10-13-21-44(35)53-47(36)45)51-40-19-11-8-16-33(40)34-17-9-12-20-41(34)51/h5-30H,1-4H3. The van der Waals surface area contributed by atoms with Gasteiger partial charge in [0.25, 0.3) is 0 Å². The molecule has 0 aliphatic rings. The van der Waals surface area contributed by atoms with E-state index in [2.05, 4.69) is 169 Å². The third-order valence-electron chi connectivity index (χ3n) is 10.8. The topological polar surface area (TPSA) is 48.8 Å². The molecule has 6 aromatic carbocycles. The van der Waals surface area contributed by atoms with Crippen LogP contribution in [0.15, 0.2) is 150 Å². The molecule has 5 heteroatoms. The highest BCUT2D eigenvalue weighted by atomic mass is 16.3. The summed E-state index contributed by atoms with van der Waals surface area (Å²) in [4.78, 5) is 9.91. The Morgan fingerprint density at radius 1 is 0.566 bits per heavy atom. The van der Waals surface area contributed by atoms with Crippen molar-refractivity contribution in [2.45, 2.75) is 39.5 Å². The van der Waals surface area contributed by atoms with Crippen molar-refractivity contribution in [3.05, 3.63) is 157 Å². The van der Waals surface area contributed by atoms with E-state index < -0.39 is 0 Å². The van der Waals surface area contributed by atoms with Crippen molar-refractivity contribution in [2.75, 3.05) is 0 Å². The molecule has 4 heterocycles. The second kappa shape index (κ2) is 12.1. The third-order valence-corrected chi connectivity index (χ3v) is 10.8. The van der Waals surface area contributed by atoms with Gasteiger partial charge in [0.05, 0.1) is 45.1 Å². The molecule has 5 nitrogen and oxygen atoms in total. The van der Waals surface area contributed by atoms with E-state index in [4.69, 9.17) is 9.40 Å². The minimum absolute atomic E-state index is 0.252. The quantitative estimate of drug-likeness (QED) is 0.175. The summed E-state index contributed by atoms with van der Waals surface area (Å²) < 4.78 is 11.7. The zero-order chi connectivity index (χ0) is 35.8. The molecule has 0 saturated heterocycles. The van der Waals surface area contributed by atoms with E-state index in [0.29, 0.717) is 0 Å². The molecular formula is C48H38N4O. The second-order valence-electron chi connectivity index (χ2n) is 14.6. The lowest BCUT2D eigenvalue weighted by atomic mass is 9.88. The zero-order valence-corrected chi connectivity index (χ0v) is 30.2. The minimum atomic E-state index is 0.252. The molecule has 0 aliphatic carbocycles. The maximum absolute atomic E-state index is 6.94. The van der Waals surface area contributed by atoms with Crippen LogP contribution in [0.2, 0.25) is 0 Å². The van der Waals surface area contributed by atoms with Crippen LogP contribution in [0.4, 0.5) is 0 Å². The number of aromatic nitrogens is 4. The predicted octanol–water partition coefficient (Wildman–Crippen LogP) is 13.0. The number of imidazole rings is 1. The molecule has 53 heavy (non-hydrogen) atoms. The first-order valence-electron chi connectivity index (χ1n) is 18.5. The smallest absolute Gasteiger partial charge is 0.149 e. The lowest BCUT2D eigenvalue weighted by molar-refractivity contribution is 0.669. The molecule has 0 amide bonds. The van der Waals surface area contributed by atoms with E-state index in [0.717, 1.165) is 61.1 Å². The molecule has 10 rings (SSSR count). The average molecular weight is 687 g/mol. The maximum Gasteiger partial charge on any atom is 0.149 e. The van der Waals surface area contributed by atoms with Gasteiger partial charge in [-0.3, -0.25) is 9.55 Å². The van der Waals surface area contributed by atoms with Crippen molar-refractivity contribution in [3.63, 3.8) is 0 Å². The van der Waals surface area contributed by atoms with Crippen molar-refractivity contribution in [1.82, 2.24) is 19.1 Å². The van der Waals surface area contributed by atoms with Crippen LogP contribution >= 0.6 is 0 Å². The summed E-state index contributed by atoms with van der Waals surface area (Å²) >= 11 is 0. The minimum Gasteiger partial charge on any atom is -0.455 e. The highest BCUT2D eigenvalue weighted by molar-refractivity contribution is 6.16. The van der Waals surface area contributed by atoms with Crippen LogP contribution < -0.4 is 0 Å². The Kier molecular flexibility index (Phi) is 7.12. The number of nitrogens with zero attached hydrogens (tertiary/aromatic N) is 4. The van der Waals surface area contributed by atoms with Gasteiger partial charge < -0.3 is 8.98 Å². The first-order chi connectivity index (χ1) is 26.0. The van der Waals surface area contributed by atoms with E-state index in [9.17, 15) is 0 Å². The molecule has 0 atom stereocenters. The number of furan rings is 1. The van der Waals surface area contributed by atoms with Crippen molar-refractivity contribution in [2.24, 2.45) is 0 Å². The van der Waals surface area contributed by atoms with Gasteiger partial charge in [-0.2, -0.15) is 0 Å². The molecule has 4 aromatic heterocycles. The first kappa shape index (κ1) is 31.3. The molecule has 0 saturated carbocycles. The van der Waals surface area contributed by atoms with Gasteiger partial charge in [-0.05, 0) is 82.6 Å². The number of rotatable bonds is 6. The van der Waals surface area contributed by atoms with Gasteiger partial charge in [0, 0.05) is 22.4 Å². The Morgan fingerprint density at radius 3 is 1.87 bits per heavy atom. The Bertz CT molecular complexity index is 2930. The largest absolute Gasteiger partial charge is 0.455 e. The number of hydrogen-bond acceptors (Lipinski definition) is 3. The van der Waals surface area contributed by atoms with E-state index in [-0.39, 0.29) is 11.8 Å². The fourth-order valence-corrected chi connectivity index (χ4v) is 8.31. The van der Waals surface area contributed by atoms with Gasteiger partial charge in [0.1, 0.15) is 22.5 Å². The lowest BCUT2D eigenvalue weighted by Crippen LogP contribution is -2.09. The van der Waals surface area contributed by atoms with Gasteiger partial charge in [-0.25, -0.2) is 4.98 Å². The van der Waals surface area contributed by atoms with Crippen LogP contribution in [0.5, 0.6) is 0 Å². The Labute approximate surface area is 307 Å². The summed E-state index contributed by atoms with van der Waals surface area (Å²) in [6.07, 6.45) is 3.74. The van der Waals surface area contributed by atoms with Crippen molar-refractivity contribution in [1.29, 1.82) is 0 Å². The molecule has 0 unspecified atom stereocenters. The monoisotopic (exact) mass is 686 g/mol. The number of pyridine rings is 1. The van der Waals surface area contributed by atoms with E-state index in [1.165, 1.54) is 38.7 Å². The molecule has 256 valence electrons. The van der Waals surface area contributed by atoms with Crippen LogP contribution in [0.3, 0.4) is 0 Å². The van der Waals surface area contributed by atoms with Crippen LogP contribution in [0, 0.1) is 0 Å². The Morgan fingerprint density at radius 2 is 1.19 bits per heavy atom. The van der Waals surface area contributed by atoms with E-state index in [1.807, 2.05) is 18.5 Å². The predicted molar refractivity (Wildman–Crippen MR) is 220 cm³/mol. The van der Waals surface area contributed by atoms with E-state index in [1.54, 1.807) is 0 Å². The Hall–Kier alpha value is -6.46. The molecule has 0 spiro atoms. The van der Waals surface area contributed by atoms with Crippen molar-refractivity contribution in [3.8, 4) is 33.9 Å². The van der Waals surface area contributed by atoms with Crippen molar-refractivity contribution >= 4 is 54.8 Å². The number of hydrogen-bond donors (Lipinski definition) is 0. The first-order valence-corrected chi connectivity index (χ1v) is 18.5. The van der Waals surface area contributed by atoms with Crippen LogP contribution in [-0.2, 0) is 0 Å². The SMILES string of the molecule is CC(C)c1cc(-c2ccccc2)cc(C(C)C)c1-n1c(-c2ccc(-n3c4ccccc4c4ccccc43)c3c2oc2ccccc23)nc2cnccc21. The third kappa shape index (κ3) is 4.77. The summed E-state index contributed by atoms with van der Waals surface area (Å²) in [7, 11) is 0. The molecule has 0 N–H and O–H groups in total. The highest BCUT2D eigenvalue weighted by Gasteiger charge is 2.27. The number of fused-ring (bicyclic) bond motifs is 7. The average Bonchev–Trinajstić information content (AvgIpc) is 3.87. The van der Waals surface area contributed by atoms with Gasteiger partial charge in [0.15, 0.2) is 0 Å². The van der Waals surface area contributed by atoms with Crippen LogP contribution in [-0.4, -0.2) is 19.1 Å². The second-order valence-corrected chi connectivity index (χ2v) is 14.6. The molecular weight excluding hydrogens is 649 g/mol. The maximum atomic E-state index is 6.94. The number of benzene rings is 6. The summed E-state index contributed by atoms with van der Waals surface area (Å²) in [5.74, 6) is 1.34. The molecule has 0 fully saturated rings. The number of para-hydroxylation sites is 3. The fourth-order valence-electron chi connectivity index (χ4n) is 8.31. The summed E-state index contributed by atoms with van der Waals surface area (Å²) in [6, 6.07) is 47.7. The van der Waals surface area contributed by atoms with Gasteiger partial charge in [0.2, 0.25) is 0 Å². The molecule has 0 radical (unpaired) electrons. The summed E-state index contributed by atoms with van der Waals surface area (Å²) in [5.41, 5.74) is 14.0. The fraction of sp³-hybridized carbons (Fsp3) is 0.125.